The van der Waals surface area contributed by atoms with E-state index in [9.17, 15) is 36.3 Å². The van der Waals surface area contributed by atoms with Gasteiger partial charge in [-0.3, -0.25) is 14.6 Å². The number of nitrogens with zero attached hydrogens (tertiary/aromatic N) is 3. The van der Waals surface area contributed by atoms with Crippen molar-refractivity contribution in [1.29, 1.82) is 0 Å². The van der Waals surface area contributed by atoms with Gasteiger partial charge in [-0.1, -0.05) is 0 Å². The fourth-order valence-corrected chi connectivity index (χ4v) is 9.01. The molecule has 256 valence electrons. The summed E-state index contributed by atoms with van der Waals surface area (Å²) >= 11 is 0. The van der Waals surface area contributed by atoms with E-state index in [1.807, 2.05) is 26.0 Å². The van der Waals surface area contributed by atoms with Gasteiger partial charge in [-0.15, -0.1) is 0 Å². The predicted octanol–water partition coefficient (Wildman–Crippen LogP) is 4.67. The Balaban J connectivity index is 1.14. The van der Waals surface area contributed by atoms with Crippen LogP contribution in [-0.4, -0.2) is 89.6 Å². The van der Waals surface area contributed by atoms with Crippen LogP contribution < -0.4 is 5.32 Å². The highest BCUT2D eigenvalue weighted by Gasteiger charge is 2.48. The largest absolute Gasteiger partial charge is 0.390 e. The Hall–Kier alpha value is -2.51. The van der Waals surface area contributed by atoms with Crippen molar-refractivity contribution in [1.82, 2.24) is 14.5 Å². The average Bonchev–Trinajstić information content (AvgIpc) is 3.30. The van der Waals surface area contributed by atoms with Gasteiger partial charge in [0, 0.05) is 44.1 Å². The van der Waals surface area contributed by atoms with Crippen molar-refractivity contribution in [3.8, 4) is 0 Å². The van der Waals surface area contributed by atoms with E-state index in [1.54, 1.807) is 11.8 Å². The van der Waals surface area contributed by atoms with Gasteiger partial charge in [-0.05, 0) is 120 Å². The number of hydrogen-bond donors (Lipinski definition) is 2. The number of amidine groups is 1. The minimum absolute atomic E-state index is 0.0107. The van der Waals surface area contributed by atoms with E-state index in [0.29, 0.717) is 69.4 Å². The molecule has 2 saturated heterocycles. The molecular weight excluding hydrogens is 621 g/mol. The first kappa shape index (κ1) is 34.8. The number of sulfonamides is 1. The molecule has 3 heterocycles. The number of alkyl halides is 3. The molecule has 1 aliphatic carbocycles. The molecule has 0 atom stereocenters. The minimum Gasteiger partial charge on any atom is -0.390 e. The summed E-state index contributed by atoms with van der Waals surface area (Å²) in [7, 11) is -3.62. The number of likely N-dealkylation sites (tertiary alicyclic amines) is 1. The van der Waals surface area contributed by atoms with Crippen molar-refractivity contribution in [2.45, 2.75) is 109 Å². The number of benzene rings is 1. The van der Waals surface area contributed by atoms with Gasteiger partial charge in [0.2, 0.25) is 10.0 Å². The third-order valence-electron chi connectivity index (χ3n) is 10.7. The van der Waals surface area contributed by atoms with Crippen LogP contribution in [0.1, 0.15) is 98.2 Å². The highest BCUT2D eigenvalue weighted by atomic mass is 32.2. The Labute approximate surface area is 270 Å². The molecule has 2 N–H and O–H groups in total. The van der Waals surface area contributed by atoms with Gasteiger partial charge in [0.1, 0.15) is 11.4 Å². The normalized spacial score (nSPS) is 25.4. The number of piperidine rings is 2. The smallest absolute Gasteiger partial charge is 0.389 e. The van der Waals surface area contributed by atoms with Gasteiger partial charge < -0.3 is 15.3 Å². The summed E-state index contributed by atoms with van der Waals surface area (Å²) in [6.45, 7) is 6.92. The van der Waals surface area contributed by atoms with Gasteiger partial charge in [-0.25, -0.2) is 12.7 Å². The van der Waals surface area contributed by atoms with Crippen molar-refractivity contribution in [3.05, 3.63) is 34.4 Å². The Kier molecular flexibility index (Phi) is 9.98. The molecule has 3 fully saturated rings. The van der Waals surface area contributed by atoms with Crippen LogP contribution in [0.15, 0.2) is 17.1 Å². The van der Waals surface area contributed by atoms with Crippen molar-refractivity contribution >= 4 is 27.7 Å². The summed E-state index contributed by atoms with van der Waals surface area (Å²) in [6.07, 6.45) is -0.118. The molecule has 9 nitrogen and oxygen atoms in total. The lowest BCUT2D eigenvalue weighted by atomic mass is 9.79. The zero-order valence-corrected chi connectivity index (χ0v) is 27.9. The molecule has 3 aliphatic heterocycles. The Morgan fingerprint density at radius 2 is 1.61 bits per heavy atom. The number of aliphatic imine (C=N–C) groups is 1. The molecule has 13 heteroatoms. The second kappa shape index (κ2) is 13.2. The van der Waals surface area contributed by atoms with Gasteiger partial charge in [0.15, 0.2) is 0 Å². The first-order valence-electron chi connectivity index (χ1n) is 16.5. The number of aliphatic hydroxyl groups is 1. The van der Waals surface area contributed by atoms with Gasteiger partial charge in [0.05, 0.1) is 11.4 Å². The minimum atomic E-state index is -4.14. The van der Waals surface area contributed by atoms with E-state index in [0.717, 1.165) is 16.7 Å². The Morgan fingerprint density at radius 3 is 2.17 bits per heavy atom. The van der Waals surface area contributed by atoms with E-state index in [4.69, 9.17) is 4.99 Å². The fraction of sp³-hybridized carbons (Fsp3) is 0.727. The number of hydrogen-bond acceptors (Lipinski definition) is 6. The highest BCUT2D eigenvalue weighted by molar-refractivity contribution is 7.89. The van der Waals surface area contributed by atoms with Gasteiger partial charge >= 0.3 is 6.18 Å². The van der Waals surface area contributed by atoms with E-state index >= 15 is 0 Å². The summed E-state index contributed by atoms with van der Waals surface area (Å²) in [5.41, 5.74) is 1.44. The number of carbonyl (C=O) groups excluding carboxylic acids is 2. The maximum absolute atomic E-state index is 13.4. The van der Waals surface area contributed by atoms with Crippen molar-refractivity contribution in [2.75, 3.05) is 31.9 Å². The molecule has 0 bridgehead atoms. The van der Waals surface area contributed by atoms with Crippen LogP contribution in [0, 0.1) is 25.7 Å². The molecule has 4 aliphatic rings. The van der Waals surface area contributed by atoms with Crippen LogP contribution in [-0.2, 0) is 21.2 Å². The third-order valence-corrected chi connectivity index (χ3v) is 12.6. The second-order valence-electron chi connectivity index (χ2n) is 14.2. The number of rotatable bonds is 8. The monoisotopic (exact) mass is 668 g/mol. The van der Waals surface area contributed by atoms with Crippen LogP contribution >= 0.6 is 0 Å². The van der Waals surface area contributed by atoms with Crippen molar-refractivity contribution in [3.63, 3.8) is 0 Å². The zero-order valence-electron chi connectivity index (χ0n) is 27.1. The van der Waals surface area contributed by atoms with Crippen LogP contribution in [0.2, 0.25) is 0 Å². The van der Waals surface area contributed by atoms with Crippen molar-refractivity contribution in [2.24, 2.45) is 16.8 Å². The quantitative estimate of drug-likeness (QED) is 0.417. The first-order chi connectivity index (χ1) is 21.5. The summed E-state index contributed by atoms with van der Waals surface area (Å²) in [5, 5.41) is 13.1. The maximum atomic E-state index is 13.4. The lowest BCUT2D eigenvalue weighted by Gasteiger charge is -2.36. The second-order valence-corrected chi connectivity index (χ2v) is 16.3. The fourth-order valence-electron chi connectivity index (χ4n) is 7.55. The topological polar surface area (TPSA) is 119 Å². The van der Waals surface area contributed by atoms with E-state index in [2.05, 4.69) is 5.32 Å². The van der Waals surface area contributed by atoms with Crippen LogP contribution in [0.3, 0.4) is 0 Å². The molecule has 1 aromatic carbocycles. The molecule has 1 spiro atoms. The standard InChI is InChI=1S/C33H47F3N4O5S/c1-22-20-26(29(41)39-15-11-31(3,43)12-16-39)21-23(2)27(22)9-19-46(44,45)40-17-13-32(14-18-40)30(42)37-28(38-32)25-6-4-24(5-7-25)8-10-33(34,35)36/h20-21,24-25,43H,4-19H2,1-3H3,(H,37,38,42). The Bertz CT molecular complexity index is 1430. The summed E-state index contributed by atoms with van der Waals surface area (Å²) in [6, 6.07) is 3.63. The molecule has 2 amide bonds. The molecule has 0 radical (unpaired) electrons. The highest BCUT2D eigenvalue weighted by Crippen LogP contribution is 2.38. The summed E-state index contributed by atoms with van der Waals surface area (Å²) in [5.74, 6) is 0.263. The van der Waals surface area contributed by atoms with Gasteiger partial charge in [0.25, 0.3) is 11.8 Å². The number of nitrogens with one attached hydrogen (secondary N) is 1. The summed E-state index contributed by atoms with van der Waals surface area (Å²) in [4.78, 5) is 32.8. The lowest BCUT2D eigenvalue weighted by Crippen LogP contribution is -2.51. The number of halogens is 3. The Morgan fingerprint density at radius 1 is 1.02 bits per heavy atom. The van der Waals surface area contributed by atoms with Crippen LogP contribution in [0.5, 0.6) is 0 Å². The molecule has 46 heavy (non-hydrogen) atoms. The molecule has 1 saturated carbocycles. The predicted molar refractivity (Wildman–Crippen MR) is 169 cm³/mol. The van der Waals surface area contributed by atoms with E-state index < -0.39 is 33.8 Å². The van der Waals surface area contributed by atoms with E-state index in [-0.39, 0.29) is 61.8 Å². The van der Waals surface area contributed by atoms with Gasteiger partial charge in [-0.2, -0.15) is 13.2 Å². The average molecular weight is 669 g/mol. The zero-order chi connectivity index (χ0) is 33.5. The maximum Gasteiger partial charge on any atom is 0.389 e. The van der Waals surface area contributed by atoms with Crippen molar-refractivity contribution < 1.29 is 36.3 Å². The SMILES string of the molecule is Cc1cc(C(=O)N2CCC(C)(O)CC2)cc(C)c1CCS(=O)(=O)N1CCC2(CC1)N=C(C1CCC(CCC(F)(F)F)CC1)NC2=O. The number of carbonyl (C=O) groups is 2. The summed E-state index contributed by atoms with van der Waals surface area (Å²) < 4.78 is 66.1. The molecular formula is C33H47F3N4O5S. The molecule has 5 rings (SSSR count). The molecule has 1 aromatic rings. The van der Waals surface area contributed by atoms with E-state index in [1.165, 1.54) is 4.31 Å². The molecule has 0 aromatic heterocycles. The van der Waals surface area contributed by atoms with Crippen LogP contribution in [0.25, 0.3) is 0 Å². The number of amides is 2. The first-order valence-corrected chi connectivity index (χ1v) is 18.2. The third kappa shape index (κ3) is 7.95. The number of aryl methyl sites for hydroxylation is 2. The molecule has 0 unspecified atom stereocenters. The van der Waals surface area contributed by atoms with Crippen LogP contribution in [0.4, 0.5) is 13.2 Å². The lowest BCUT2D eigenvalue weighted by molar-refractivity contribution is -0.138.